The van der Waals surface area contributed by atoms with Crippen molar-refractivity contribution in [3.63, 3.8) is 0 Å². The van der Waals surface area contributed by atoms with Gasteiger partial charge in [0.25, 0.3) is 0 Å². The fourth-order valence-corrected chi connectivity index (χ4v) is 2.69. The van der Waals surface area contributed by atoms with E-state index in [0.29, 0.717) is 6.61 Å². The molecule has 0 aliphatic rings. The second kappa shape index (κ2) is 15.8. The predicted molar refractivity (Wildman–Crippen MR) is 94.1 cm³/mol. The average Bonchev–Trinajstić information content (AvgIpc) is 2.49. The van der Waals surface area contributed by atoms with Crippen molar-refractivity contribution in [2.24, 2.45) is 11.8 Å². The van der Waals surface area contributed by atoms with Crippen molar-refractivity contribution < 1.29 is 14.9 Å². The Morgan fingerprint density at radius 2 is 1.32 bits per heavy atom. The van der Waals surface area contributed by atoms with Gasteiger partial charge in [0, 0.05) is 6.61 Å². The zero-order chi connectivity index (χ0) is 16.6. The Morgan fingerprint density at radius 3 is 1.95 bits per heavy atom. The van der Waals surface area contributed by atoms with E-state index in [1.807, 2.05) is 0 Å². The molecule has 0 saturated carbocycles. The van der Waals surface area contributed by atoms with Gasteiger partial charge in [0.15, 0.2) is 0 Å². The van der Waals surface area contributed by atoms with Crippen LogP contribution < -0.4 is 0 Å². The summed E-state index contributed by atoms with van der Waals surface area (Å²) in [6.45, 7) is 7.76. The minimum Gasteiger partial charge on any atom is -0.394 e. The second-order valence-corrected chi connectivity index (χ2v) is 7.25. The second-order valence-electron chi connectivity index (χ2n) is 7.25. The lowest BCUT2D eigenvalue weighted by molar-refractivity contribution is 0.00525. The van der Waals surface area contributed by atoms with Crippen LogP contribution in [-0.4, -0.2) is 36.1 Å². The minimum absolute atomic E-state index is 0.213. The third-order valence-corrected chi connectivity index (χ3v) is 4.23. The Labute approximate surface area is 138 Å². The molecular formula is C19H40O3. The number of unbranched alkanes of at least 4 members (excludes halogenated alkanes) is 5. The summed E-state index contributed by atoms with van der Waals surface area (Å²) in [5.74, 6) is 1.74. The number of hydrogen-bond donors (Lipinski definition) is 2. The number of hydrogen-bond acceptors (Lipinski definition) is 3. The smallest absolute Gasteiger partial charge is 0.100 e. The molecule has 0 amide bonds. The van der Waals surface area contributed by atoms with Crippen LogP contribution in [0, 0.1) is 11.8 Å². The van der Waals surface area contributed by atoms with Crippen LogP contribution in [0.5, 0.6) is 0 Å². The highest BCUT2D eigenvalue weighted by Gasteiger charge is 2.03. The zero-order valence-corrected chi connectivity index (χ0v) is 15.2. The van der Waals surface area contributed by atoms with Crippen LogP contribution in [0.25, 0.3) is 0 Å². The molecule has 0 rings (SSSR count). The molecule has 2 atom stereocenters. The van der Waals surface area contributed by atoms with Crippen LogP contribution in [0.15, 0.2) is 0 Å². The van der Waals surface area contributed by atoms with E-state index in [0.717, 1.165) is 18.3 Å². The highest BCUT2D eigenvalue weighted by molar-refractivity contribution is 4.56. The first kappa shape index (κ1) is 21.9. The zero-order valence-electron chi connectivity index (χ0n) is 15.2. The van der Waals surface area contributed by atoms with Gasteiger partial charge in [0.1, 0.15) is 6.10 Å². The Bertz CT molecular complexity index is 219. The van der Waals surface area contributed by atoms with Gasteiger partial charge < -0.3 is 14.9 Å². The van der Waals surface area contributed by atoms with Gasteiger partial charge in [-0.25, -0.2) is 0 Å². The van der Waals surface area contributed by atoms with Gasteiger partial charge in [0.05, 0.1) is 13.2 Å². The van der Waals surface area contributed by atoms with E-state index in [-0.39, 0.29) is 13.2 Å². The van der Waals surface area contributed by atoms with Crippen LogP contribution in [0.3, 0.4) is 0 Å². The van der Waals surface area contributed by atoms with E-state index < -0.39 is 6.10 Å². The molecule has 0 aromatic carbocycles. The van der Waals surface area contributed by atoms with E-state index in [9.17, 15) is 0 Å². The van der Waals surface area contributed by atoms with Gasteiger partial charge in [-0.3, -0.25) is 0 Å². The molecule has 134 valence electrons. The lowest BCUT2D eigenvalue weighted by Gasteiger charge is -2.12. The first-order valence-corrected chi connectivity index (χ1v) is 9.43. The van der Waals surface area contributed by atoms with Gasteiger partial charge in [-0.15, -0.1) is 0 Å². The van der Waals surface area contributed by atoms with Crippen LogP contribution in [0.4, 0.5) is 0 Å². The van der Waals surface area contributed by atoms with E-state index in [1.54, 1.807) is 0 Å². The fraction of sp³-hybridized carbons (Fsp3) is 1.00. The molecule has 22 heavy (non-hydrogen) atoms. The third kappa shape index (κ3) is 16.3. The Morgan fingerprint density at radius 1 is 0.773 bits per heavy atom. The molecule has 0 fully saturated rings. The summed E-state index contributed by atoms with van der Waals surface area (Å²) in [6.07, 6.45) is 12.5. The van der Waals surface area contributed by atoms with Crippen molar-refractivity contribution in [2.45, 2.75) is 91.1 Å². The summed E-state index contributed by atoms with van der Waals surface area (Å²) in [5.41, 5.74) is 0. The van der Waals surface area contributed by atoms with E-state index in [1.165, 1.54) is 57.8 Å². The number of aliphatic hydroxyl groups excluding tert-OH is 2. The summed E-state index contributed by atoms with van der Waals surface area (Å²) >= 11 is 0. The molecule has 0 saturated heterocycles. The average molecular weight is 317 g/mol. The first-order chi connectivity index (χ1) is 10.6. The molecular weight excluding hydrogens is 276 g/mol. The van der Waals surface area contributed by atoms with Crippen molar-refractivity contribution in [3.8, 4) is 0 Å². The molecule has 0 aromatic rings. The Balaban J connectivity index is 3.18. The molecule has 0 bridgehead atoms. The number of ether oxygens (including phenoxy) is 1. The Kier molecular flexibility index (Phi) is 15.7. The van der Waals surface area contributed by atoms with Gasteiger partial charge in [-0.2, -0.15) is 0 Å². The minimum atomic E-state index is -0.720. The van der Waals surface area contributed by atoms with E-state index in [4.69, 9.17) is 14.9 Å². The number of rotatable bonds is 16. The topological polar surface area (TPSA) is 49.7 Å². The lowest BCUT2D eigenvalue weighted by Crippen LogP contribution is -2.19. The van der Waals surface area contributed by atoms with Gasteiger partial charge in [-0.05, 0) is 18.3 Å². The molecule has 2 N–H and O–H groups in total. The van der Waals surface area contributed by atoms with Crippen molar-refractivity contribution in [1.82, 2.24) is 0 Å². The highest BCUT2D eigenvalue weighted by Crippen LogP contribution is 2.18. The predicted octanol–water partition coefficient (Wildman–Crippen LogP) is 4.55. The van der Waals surface area contributed by atoms with Crippen LogP contribution in [0.2, 0.25) is 0 Å². The molecule has 0 spiro atoms. The lowest BCUT2D eigenvalue weighted by atomic mass is 9.95. The van der Waals surface area contributed by atoms with Gasteiger partial charge in [0.2, 0.25) is 0 Å². The maximum atomic E-state index is 9.11. The summed E-state index contributed by atoms with van der Waals surface area (Å²) in [6, 6.07) is 0. The summed E-state index contributed by atoms with van der Waals surface area (Å²) in [4.78, 5) is 0. The van der Waals surface area contributed by atoms with Crippen LogP contribution in [-0.2, 0) is 4.74 Å². The quantitative estimate of drug-likeness (QED) is 0.411. The largest absolute Gasteiger partial charge is 0.394 e. The summed E-state index contributed by atoms with van der Waals surface area (Å²) in [7, 11) is 0. The molecule has 0 aromatic heterocycles. The summed E-state index contributed by atoms with van der Waals surface area (Å²) < 4.78 is 5.29. The molecule has 2 unspecified atom stereocenters. The highest BCUT2D eigenvalue weighted by atomic mass is 16.5. The van der Waals surface area contributed by atoms with Crippen LogP contribution >= 0.6 is 0 Å². The van der Waals surface area contributed by atoms with E-state index in [2.05, 4.69) is 20.8 Å². The first-order valence-electron chi connectivity index (χ1n) is 9.43. The molecule has 3 heteroatoms. The van der Waals surface area contributed by atoms with Crippen molar-refractivity contribution >= 4 is 0 Å². The molecule has 3 nitrogen and oxygen atoms in total. The maximum Gasteiger partial charge on any atom is 0.100 e. The van der Waals surface area contributed by atoms with Gasteiger partial charge >= 0.3 is 0 Å². The summed E-state index contributed by atoms with van der Waals surface area (Å²) in [5, 5.41) is 17.8. The molecule has 0 radical (unpaired) electrons. The van der Waals surface area contributed by atoms with Crippen molar-refractivity contribution in [2.75, 3.05) is 19.8 Å². The molecule has 0 aliphatic heterocycles. The maximum absolute atomic E-state index is 9.11. The Hall–Kier alpha value is -0.120. The standard InChI is InChI=1S/C19H40O3/c1-17(2)11-8-9-13-18(3)12-7-5-4-6-10-14-22-16-19(21)15-20/h17-21H,4-16H2,1-3H3. The normalized spacial score (nSPS) is 14.5. The number of aliphatic hydroxyl groups is 2. The van der Waals surface area contributed by atoms with Crippen molar-refractivity contribution in [1.29, 1.82) is 0 Å². The van der Waals surface area contributed by atoms with Crippen LogP contribution in [0.1, 0.15) is 85.0 Å². The molecule has 0 aliphatic carbocycles. The molecule has 0 heterocycles. The van der Waals surface area contributed by atoms with Crippen molar-refractivity contribution in [3.05, 3.63) is 0 Å². The monoisotopic (exact) mass is 316 g/mol. The third-order valence-electron chi connectivity index (χ3n) is 4.23. The SMILES string of the molecule is CC(C)CCCCC(C)CCCCCCCOCC(O)CO. The fourth-order valence-electron chi connectivity index (χ4n) is 2.69. The van der Waals surface area contributed by atoms with Gasteiger partial charge in [-0.1, -0.05) is 78.6 Å². The van der Waals surface area contributed by atoms with E-state index >= 15 is 0 Å².